The van der Waals surface area contributed by atoms with Crippen molar-refractivity contribution in [1.82, 2.24) is 4.57 Å². The van der Waals surface area contributed by atoms with Crippen molar-refractivity contribution in [3.63, 3.8) is 0 Å². The number of rotatable bonds is 5. The second-order valence-corrected chi connectivity index (χ2v) is 5.68. The summed E-state index contributed by atoms with van der Waals surface area (Å²) in [6.45, 7) is 3.36. The lowest BCUT2D eigenvalue weighted by atomic mass is 10.1. The predicted octanol–water partition coefficient (Wildman–Crippen LogP) is 3.57. The first-order chi connectivity index (χ1) is 10.7. The van der Waals surface area contributed by atoms with Crippen LogP contribution in [-0.4, -0.2) is 11.1 Å². The molecule has 3 aromatic rings. The highest BCUT2D eigenvalue weighted by Crippen LogP contribution is 2.33. The van der Waals surface area contributed by atoms with Crippen molar-refractivity contribution in [2.45, 2.75) is 20.0 Å². The Hall–Kier alpha value is -2.26. The first-order valence-corrected chi connectivity index (χ1v) is 7.65. The summed E-state index contributed by atoms with van der Waals surface area (Å²) in [5, 5.41) is 1.20. The van der Waals surface area contributed by atoms with Crippen LogP contribution in [0.15, 0.2) is 48.7 Å². The van der Waals surface area contributed by atoms with Gasteiger partial charge in [0.05, 0.1) is 5.52 Å². The fourth-order valence-corrected chi connectivity index (χ4v) is 3.01. The van der Waals surface area contributed by atoms with E-state index in [2.05, 4.69) is 49.0 Å². The summed E-state index contributed by atoms with van der Waals surface area (Å²) in [5.41, 5.74) is 10.7. The lowest BCUT2D eigenvalue weighted by Gasteiger charge is -2.11. The van der Waals surface area contributed by atoms with Crippen LogP contribution in [0.4, 0.5) is 0 Å². The molecule has 0 aliphatic rings. The minimum atomic E-state index is 0.579. The summed E-state index contributed by atoms with van der Waals surface area (Å²) in [6, 6.07) is 14.4. The summed E-state index contributed by atoms with van der Waals surface area (Å²) < 4.78 is 8.28. The Balaban J connectivity index is 2.00. The van der Waals surface area contributed by atoms with Crippen LogP contribution in [-0.2, 0) is 20.1 Å². The normalized spacial score (nSPS) is 11.0. The Kier molecular flexibility index (Phi) is 4.16. The highest BCUT2D eigenvalue weighted by Gasteiger charge is 2.13. The molecule has 0 aliphatic heterocycles. The van der Waals surface area contributed by atoms with Gasteiger partial charge in [0.25, 0.3) is 0 Å². The van der Waals surface area contributed by atoms with Gasteiger partial charge < -0.3 is 15.0 Å². The van der Waals surface area contributed by atoms with Crippen LogP contribution >= 0.6 is 0 Å². The third-order valence-electron chi connectivity index (χ3n) is 4.02. The SMILES string of the molecule is Cc1ccc(OCc2ccccc2)c2c(CCN)cn(C)c12. The molecule has 0 amide bonds. The summed E-state index contributed by atoms with van der Waals surface area (Å²) in [5.74, 6) is 0.938. The third-order valence-corrected chi connectivity index (χ3v) is 4.02. The number of nitrogens with zero attached hydrogens (tertiary/aromatic N) is 1. The number of hydrogen-bond acceptors (Lipinski definition) is 2. The summed E-state index contributed by atoms with van der Waals surface area (Å²) >= 11 is 0. The minimum absolute atomic E-state index is 0.579. The highest BCUT2D eigenvalue weighted by molar-refractivity contribution is 5.92. The second-order valence-electron chi connectivity index (χ2n) is 5.68. The van der Waals surface area contributed by atoms with E-state index in [1.54, 1.807) is 0 Å². The van der Waals surface area contributed by atoms with Gasteiger partial charge in [0.15, 0.2) is 0 Å². The first-order valence-electron chi connectivity index (χ1n) is 7.65. The lowest BCUT2D eigenvalue weighted by molar-refractivity contribution is 0.310. The summed E-state index contributed by atoms with van der Waals surface area (Å²) in [4.78, 5) is 0. The summed E-state index contributed by atoms with van der Waals surface area (Å²) in [6.07, 6.45) is 3.03. The maximum absolute atomic E-state index is 6.11. The van der Waals surface area contributed by atoms with Crippen molar-refractivity contribution >= 4 is 10.9 Å². The Labute approximate surface area is 131 Å². The van der Waals surface area contributed by atoms with Crippen molar-refractivity contribution in [3.8, 4) is 5.75 Å². The van der Waals surface area contributed by atoms with Crippen LogP contribution in [0.25, 0.3) is 10.9 Å². The van der Waals surface area contributed by atoms with Crippen LogP contribution in [0.3, 0.4) is 0 Å². The van der Waals surface area contributed by atoms with Gasteiger partial charge in [-0.2, -0.15) is 0 Å². The van der Waals surface area contributed by atoms with Crippen molar-refractivity contribution < 1.29 is 4.74 Å². The standard InChI is InChI=1S/C19H22N2O/c1-14-8-9-17(22-13-15-6-4-3-5-7-15)18-16(10-11-20)12-21(2)19(14)18/h3-9,12H,10-11,13,20H2,1-2H3. The van der Waals surface area contributed by atoms with Crippen molar-refractivity contribution in [2.24, 2.45) is 12.8 Å². The second kappa shape index (κ2) is 6.24. The lowest BCUT2D eigenvalue weighted by Crippen LogP contribution is -2.03. The largest absolute Gasteiger partial charge is 0.488 e. The average molecular weight is 294 g/mol. The number of hydrogen-bond donors (Lipinski definition) is 1. The minimum Gasteiger partial charge on any atom is -0.488 e. The van der Waals surface area contributed by atoms with Crippen LogP contribution in [0.2, 0.25) is 0 Å². The Morgan fingerprint density at radius 1 is 1.09 bits per heavy atom. The molecule has 0 atom stereocenters. The number of fused-ring (bicyclic) bond motifs is 1. The molecule has 0 fully saturated rings. The van der Waals surface area contributed by atoms with Gasteiger partial charge in [-0.3, -0.25) is 0 Å². The first kappa shape index (κ1) is 14.7. The predicted molar refractivity (Wildman–Crippen MR) is 91.2 cm³/mol. The van der Waals surface area contributed by atoms with E-state index in [4.69, 9.17) is 10.5 Å². The van der Waals surface area contributed by atoms with Gasteiger partial charge in [-0.25, -0.2) is 0 Å². The Bertz CT molecular complexity index is 775. The number of aryl methyl sites for hydroxylation is 2. The molecule has 3 heteroatoms. The molecular weight excluding hydrogens is 272 g/mol. The van der Waals surface area contributed by atoms with Crippen molar-refractivity contribution in [3.05, 3.63) is 65.4 Å². The zero-order valence-electron chi connectivity index (χ0n) is 13.2. The van der Waals surface area contributed by atoms with Gasteiger partial charge in [0.1, 0.15) is 12.4 Å². The molecule has 0 bridgehead atoms. The Morgan fingerprint density at radius 2 is 1.86 bits per heavy atom. The van der Waals surface area contributed by atoms with Crippen LogP contribution in [0.5, 0.6) is 5.75 Å². The molecular formula is C19H22N2O. The quantitative estimate of drug-likeness (QED) is 0.781. The third kappa shape index (κ3) is 2.72. The van der Waals surface area contributed by atoms with E-state index in [9.17, 15) is 0 Å². The van der Waals surface area contributed by atoms with Gasteiger partial charge in [0, 0.05) is 18.6 Å². The van der Waals surface area contributed by atoms with Crippen LogP contribution in [0, 0.1) is 6.92 Å². The van der Waals surface area contributed by atoms with E-state index >= 15 is 0 Å². The fourth-order valence-electron chi connectivity index (χ4n) is 3.01. The number of aromatic nitrogens is 1. The van der Waals surface area contributed by atoms with E-state index in [0.717, 1.165) is 12.2 Å². The van der Waals surface area contributed by atoms with Gasteiger partial charge in [-0.1, -0.05) is 36.4 Å². The van der Waals surface area contributed by atoms with E-state index in [1.807, 2.05) is 18.2 Å². The van der Waals surface area contributed by atoms with E-state index in [1.165, 1.54) is 27.6 Å². The zero-order valence-corrected chi connectivity index (χ0v) is 13.2. The molecule has 2 N–H and O–H groups in total. The zero-order chi connectivity index (χ0) is 15.5. The average Bonchev–Trinajstić information content (AvgIpc) is 2.86. The maximum atomic E-state index is 6.11. The smallest absolute Gasteiger partial charge is 0.129 e. The highest BCUT2D eigenvalue weighted by atomic mass is 16.5. The number of benzene rings is 2. The van der Waals surface area contributed by atoms with E-state index < -0.39 is 0 Å². The molecule has 22 heavy (non-hydrogen) atoms. The van der Waals surface area contributed by atoms with E-state index in [-0.39, 0.29) is 0 Å². The van der Waals surface area contributed by atoms with Gasteiger partial charge in [0.2, 0.25) is 0 Å². The molecule has 0 radical (unpaired) electrons. The maximum Gasteiger partial charge on any atom is 0.129 e. The van der Waals surface area contributed by atoms with Crippen LogP contribution < -0.4 is 10.5 Å². The molecule has 0 saturated heterocycles. The van der Waals surface area contributed by atoms with Crippen molar-refractivity contribution in [2.75, 3.05) is 6.54 Å². The molecule has 2 aromatic carbocycles. The van der Waals surface area contributed by atoms with Gasteiger partial charge in [-0.05, 0) is 42.6 Å². The fraction of sp³-hybridized carbons (Fsp3) is 0.263. The molecule has 114 valence electrons. The Morgan fingerprint density at radius 3 is 2.59 bits per heavy atom. The summed E-state index contributed by atoms with van der Waals surface area (Å²) in [7, 11) is 2.08. The van der Waals surface area contributed by atoms with Crippen molar-refractivity contribution in [1.29, 1.82) is 0 Å². The molecule has 1 heterocycles. The number of ether oxygens (including phenoxy) is 1. The molecule has 0 saturated carbocycles. The molecule has 3 nitrogen and oxygen atoms in total. The topological polar surface area (TPSA) is 40.2 Å². The molecule has 0 unspecified atom stereocenters. The van der Waals surface area contributed by atoms with Crippen LogP contribution in [0.1, 0.15) is 16.7 Å². The molecule has 3 rings (SSSR count). The van der Waals surface area contributed by atoms with Gasteiger partial charge >= 0.3 is 0 Å². The molecule has 0 spiro atoms. The van der Waals surface area contributed by atoms with Gasteiger partial charge in [-0.15, -0.1) is 0 Å². The van der Waals surface area contributed by atoms with E-state index in [0.29, 0.717) is 13.2 Å². The molecule has 0 aliphatic carbocycles. The number of nitrogens with two attached hydrogens (primary N) is 1. The monoisotopic (exact) mass is 294 g/mol. The molecule has 1 aromatic heterocycles.